The summed E-state index contributed by atoms with van der Waals surface area (Å²) in [6.45, 7) is 1.65. The molecule has 2 aliphatic rings. The van der Waals surface area contributed by atoms with E-state index in [4.69, 9.17) is 25.2 Å². The van der Waals surface area contributed by atoms with Gasteiger partial charge in [-0.25, -0.2) is 19.3 Å². The van der Waals surface area contributed by atoms with E-state index < -0.39 is 53.9 Å². The summed E-state index contributed by atoms with van der Waals surface area (Å²) in [6.07, 6.45) is 0. The van der Waals surface area contributed by atoms with Crippen LogP contribution in [0.25, 0.3) is 0 Å². The minimum Gasteiger partial charge on any atom is -0.481 e. The highest BCUT2D eigenvalue weighted by Gasteiger charge is 2.54. The molecular weight excluding hydrogens is 660 g/mol. The van der Waals surface area contributed by atoms with E-state index in [-0.39, 0.29) is 44.7 Å². The van der Waals surface area contributed by atoms with Crippen molar-refractivity contribution >= 4 is 81.4 Å². The molecule has 0 bridgehead atoms. The van der Waals surface area contributed by atoms with E-state index in [1.807, 2.05) is 0 Å². The van der Waals surface area contributed by atoms with Gasteiger partial charge in [-0.05, 0) is 5.57 Å². The van der Waals surface area contributed by atoms with Crippen molar-refractivity contribution in [3.05, 3.63) is 28.2 Å². The number of carbonyl (C=O) groups excluding carboxylic acids is 4. The highest BCUT2D eigenvalue weighted by atomic mass is 32.2. The number of aryl methyl sites for hydroxylation is 1. The molecule has 45 heavy (non-hydrogen) atoms. The highest BCUT2D eigenvalue weighted by molar-refractivity contribution is 8.01. The van der Waals surface area contributed by atoms with Gasteiger partial charge in [0.25, 0.3) is 23.6 Å². The molecule has 2 aliphatic heterocycles. The second-order valence-corrected chi connectivity index (χ2v) is 11.6. The summed E-state index contributed by atoms with van der Waals surface area (Å²) in [6, 6.07) is -1.01. The fraction of sp³-hybridized carbons (Fsp3) is 0.391. The second-order valence-electron chi connectivity index (χ2n) is 8.65. The van der Waals surface area contributed by atoms with Crippen LogP contribution in [-0.4, -0.2) is 113 Å². The third-order valence-electron chi connectivity index (χ3n) is 5.43. The lowest BCUT2D eigenvalue weighted by Gasteiger charge is -2.49. The van der Waals surface area contributed by atoms with Crippen molar-refractivity contribution in [1.82, 2.24) is 30.0 Å². The van der Waals surface area contributed by atoms with Crippen LogP contribution >= 0.6 is 34.9 Å². The Morgan fingerprint density at radius 3 is 2.47 bits per heavy atom. The molecule has 2 amide bonds. The molecule has 0 spiro atoms. The number of oxime groups is 1. The lowest BCUT2D eigenvalue weighted by molar-refractivity contribution is -0.150. The number of carboxylic acids is 2. The largest absolute Gasteiger partial charge is 0.481 e. The normalized spacial score (nSPS) is 17.3. The van der Waals surface area contributed by atoms with Crippen LogP contribution in [0.4, 0.5) is 5.13 Å². The molecule has 22 heteroatoms. The maximum Gasteiger partial charge on any atom is 0.381 e. The first kappa shape index (κ1) is 34.8. The van der Waals surface area contributed by atoms with Crippen molar-refractivity contribution in [3.8, 4) is 0 Å². The Hall–Kier alpha value is -4.70. The zero-order chi connectivity index (χ0) is 33.4. The molecule has 19 nitrogen and oxygen atoms in total. The Balaban J connectivity index is 0.00000130. The third-order valence-corrected chi connectivity index (χ3v) is 8.55. The van der Waals surface area contributed by atoms with Gasteiger partial charge >= 0.3 is 17.9 Å². The Morgan fingerprint density at radius 2 is 1.89 bits per heavy atom. The minimum atomic E-state index is -1.31. The van der Waals surface area contributed by atoms with E-state index in [9.17, 15) is 29.1 Å². The van der Waals surface area contributed by atoms with Crippen LogP contribution in [0.15, 0.2) is 27.0 Å². The van der Waals surface area contributed by atoms with Crippen molar-refractivity contribution in [2.75, 3.05) is 31.1 Å². The maximum atomic E-state index is 13.0. The van der Waals surface area contributed by atoms with Crippen molar-refractivity contribution in [2.45, 2.75) is 30.4 Å². The zero-order valence-corrected chi connectivity index (χ0v) is 26.4. The van der Waals surface area contributed by atoms with Gasteiger partial charge in [0.05, 0.1) is 0 Å². The van der Waals surface area contributed by atoms with Crippen LogP contribution in [-0.2, 0) is 45.3 Å². The molecule has 4 rings (SSSR count). The van der Waals surface area contributed by atoms with Crippen LogP contribution in [0.1, 0.15) is 30.2 Å². The predicted molar refractivity (Wildman–Crippen MR) is 157 cm³/mol. The van der Waals surface area contributed by atoms with E-state index >= 15 is 0 Å². The summed E-state index contributed by atoms with van der Waals surface area (Å²) in [5.74, 6) is -4.94. The van der Waals surface area contributed by atoms with Gasteiger partial charge in [0.1, 0.15) is 29.9 Å². The number of nitrogens with zero attached hydrogens (tertiary/aromatic N) is 6. The maximum absolute atomic E-state index is 13.0. The molecule has 0 unspecified atom stereocenters. The molecule has 0 aromatic carbocycles. The molecule has 0 saturated carbocycles. The number of hydrogen-bond donors (Lipinski definition) is 4. The van der Waals surface area contributed by atoms with Gasteiger partial charge in [-0.15, -0.1) is 28.2 Å². The number of hydrogen-bond acceptors (Lipinski definition) is 17. The number of fused-ring (bicyclic) bond motifs is 1. The fourth-order valence-corrected chi connectivity index (χ4v) is 6.60. The quantitative estimate of drug-likeness (QED) is 0.0579. The number of ether oxygens (including phenoxy) is 2. The number of esters is 2. The van der Waals surface area contributed by atoms with Gasteiger partial charge in [0.2, 0.25) is 6.79 Å². The molecule has 4 heterocycles. The number of nitrogens with two attached hydrogens (primary N) is 1. The van der Waals surface area contributed by atoms with Crippen LogP contribution in [0.3, 0.4) is 0 Å². The Kier molecular flexibility index (Phi) is 11.9. The van der Waals surface area contributed by atoms with E-state index in [1.54, 1.807) is 0 Å². The van der Waals surface area contributed by atoms with E-state index in [2.05, 4.69) is 30.3 Å². The van der Waals surface area contributed by atoms with Crippen molar-refractivity contribution in [2.24, 2.45) is 12.2 Å². The molecule has 2 atom stereocenters. The second kappa shape index (κ2) is 15.3. The summed E-state index contributed by atoms with van der Waals surface area (Å²) < 4.78 is 10.6. The number of thiazole rings is 1. The number of amides is 2. The Bertz CT molecular complexity index is 1570. The summed E-state index contributed by atoms with van der Waals surface area (Å²) >= 11 is 3.47. The van der Waals surface area contributed by atoms with E-state index in [0.29, 0.717) is 5.57 Å². The average Bonchev–Trinajstić information content (AvgIpc) is 3.56. The van der Waals surface area contributed by atoms with Crippen molar-refractivity contribution < 1.29 is 53.3 Å². The van der Waals surface area contributed by atoms with Gasteiger partial charge in [0.15, 0.2) is 16.0 Å². The number of β-lactam (4-membered cyclic amide) rings is 1. The van der Waals surface area contributed by atoms with Gasteiger partial charge < -0.3 is 35.6 Å². The monoisotopic (exact) mass is 686 g/mol. The summed E-state index contributed by atoms with van der Waals surface area (Å²) in [4.78, 5) is 84.0. The SMILES string of the molecule is CC(=O)O.CON=C(C(=O)N[C@@H]1C(=O)N2C(C(=O)O)=C(CSc3nc(C(=O)OCOC(C)=O)nn3C)CS[C@H]12)c1csc(N)n1. The molecule has 242 valence electrons. The van der Waals surface area contributed by atoms with Crippen LogP contribution < -0.4 is 11.1 Å². The standard InChI is InChI=1S/C21H22N8O9S3.C2H4O2/c1-8(30)37-7-38-19(35)14-25-21(28(2)26-14)41-5-9-4-39-17-12(16(32)29(17)13(9)18(33)34)24-15(31)11(27-36-3)10-6-40-20(22)23-10;1-2(3)4/h6,12,17H,4-5,7H2,1-3H3,(H2,22,23)(H,24,31)(H,33,34);1H3,(H,3,4)/t12-,17-;/m1./s1. The van der Waals surface area contributed by atoms with E-state index in [1.165, 1.54) is 36.0 Å². The molecule has 2 aromatic heterocycles. The fourth-order valence-electron chi connectivity index (χ4n) is 3.66. The van der Waals surface area contributed by atoms with Crippen LogP contribution in [0.2, 0.25) is 0 Å². The van der Waals surface area contributed by atoms with Crippen LogP contribution in [0.5, 0.6) is 0 Å². The number of carbonyl (C=O) groups is 6. The average molecular weight is 687 g/mol. The van der Waals surface area contributed by atoms with Crippen molar-refractivity contribution in [3.63, 3.8) is 0 Å². The number of carboxylic acid groups (broad SMARTS) is 2. The first-order valence-electron chi connectivity index (χ1n) is 12.3. The number of aliphatic carboxylic acids is 2. The zero-order valence-electron chi connectivity index (χ0n) is 23.9. The van der Waals surface area contributed by atoms with Crippen molar-refractivity contribution in [1.29, 1.82) is 0 Å². The number of rotatable bonds is 11. The molecule has 1 saturated heterocycles. The summed E-state index contributed by atoms with van der Waals surface area (Å²) in [5.41, 5.74) is 5.86. The first-order valence-corrected chi connectivity index (χ1v) is 15.2. The first-order chi connectivity index (χ1) is 21.2. The molecule has 1 fully saturated rings. The van der Waals surface area contributed by atoms with Crippen LogP contribution in [0, 0.1) is 0 Å². The Labute approximate surface area is 266 Å². The lowest BCUT2D eigenvalue weighted by atomic mass is 10.0. The van der Waals surface area contributed by atoms with Gasteiger partial charge in [-0.2, -0.15) is 4.98 Å². The third kappa shape index (κ3) is 8.69. The predicted octanol–water partition coefficient (Wildman–Crippen LogP) is -0.496. The summed E-state index contributed by atoms with van der Waals surface area (Å²) in [7, 11) is 2.78. The molecule has 5 N–H and O–H groups in total. The molecule has 0 aliphatic carbocycles. The number of aromatic nitrogens is 4. The van der Waals surface area contributed by atoms with Gasteiger partial charge in [-0.1, -0.05) is 16.9 Å². The molecular formula is C23H26N8O11S3. The minimum absolute atomic E-state index is 0.118. The number of nitrogens with one attached hydrogen (secondary N) is 1. The highest BCUT2D eigenvalue weighted by Crippen LogP contribution is 2.41. The van der Waals surface area contributed by atoms with Gasteiger partial charge in [0, 0.05) is 37.8 Å². The molecule has 0 radical (unpaired) electrons. The lowest BCUT2D eigenvalue weighted by Crippen LogP contribution is -2.71. The Morgan fingerprint density at radius 1 is 1.20 bits per heavy atom. The summed E-state index contributed by atoms with van der Waals surface area (Å²) in [5, 5.41) is 28.9. The topological polar surface area (TPSA) is 268 Å². The number of thioether (sulfide) groups is 2. The smallest absolute Gasteiger partial charge is 0.381 e. The van der Waals surface area contributed by atoms with E-state index in [0.717, 1.165) is 41.8 Å². The number of nitrogen functional groups attached to an aromatic ring is 1. The van der Waals surface area contributed by atoms with Gasteiger partial charge in [-0.3, -0.25) is 24.1 Å². The number of anilines is 1. The molecule has 2 aromatic rings.